The van der Waals surface area contributed by atoms with E-state index >= 15 is 0 Å². The second-order valence-corrected chi connectivity index (χ2v) is 4.11. The highest BCUT2D eigenvalue weighted by molar-refractivity contribution is 7.98. The fourth-order valence-corrected chi connectivity index (χ4v) is 2.06. The second-order valence-electron chi connectivity index (χ2n) is 3.00. The van der Waals surface area contributed by atoms with Crippen LogP contribution in [0.5, 0.6) is 5.75 Å². The molecule has 0 aliphatic heterocycles. The molecule has 0 fully saturated rings. The fraction of sp³-hybridized carbons (Fsp3) is 0.455. The van der Waals surface area contributed by atoms with Gasteiger partial charge in [0.25, 0.3) is 0 Å². The van der Waals surface area contributed by atoms with Gasteiger partial charge in [-0.2, -0.15) is 11.8 Å². The predicted octanol–water partition coefficient (Wildman–Crippen LogP) is 2.71. The van der Waals surface area contributed by atoms with Crippen molar-refractivity contribution in [3.63, 3.8) is 0 Å². The molecule has 0 amide bonds. The van der Waals surface area contributed by atoms with Crippen molar-refractivity contribution in [3.05, 3.63) is 29.6 Å². The van der Waals surface area contributed by atoms with E-state index in [9.17, 15) is 4.39 Å². The summed E-state index contributed by atoms with van der Waals surface area (Å²) in [5.74, 6) is 2.15. The number of rotatable bonds is 6. The molecule has 0 aliphatic rings. The van der Waals surface area contributed by atoms with E-state index in [2.05, 4.69) is 0 Å². The Labute approximate surface area is 93.8 Å². The standard InChI is InChI=1S/C11H15FO2S/c1-13-5-6-15-8-9-7-10(12)3-4-11(9)14-2/h3-4,7H,5-6,8H2,1-2H3. The number of methoxy groups -OCH3 is 2. The molecule has 0 bridgehead atoms. The molecule has 0 N–H and O–H groups in total. The van der Waals surface area contributed by atoms with Gasteiger partial charge in [0, 0.05) is 24.2 Å². The van der Waals surface area contributed by atoms with Gasteiger partial charge in [0.05, 0.1) is 13.7 Å². The minimum absolute atomic E-state index is 0.224. The predicted molar refractivity (Wildman–Crippen MR) is 61.0 cm³/mol. The normalized spacial score (nSPS) is 10.3. The minimum atomic E-state index is -0.224. The molecule has 0 heterocycles. The van der Waals surface area contributed by atoms with Crippen LogP contribution in [-0.2, 0) is 10.5 Å². The highest BCUT2D eigenvalue weighted by Crippen LogP contribution is 2.23. The molecule has 0 radical (unpaired) electrons. The molecule has 1 aromatic rings. The summed E-state index contributed by atoms with van der Waals surface area (Å²) in [5, 5.41) is 0. The summed E-state index contributed by atoms with van der Waals surface area (Å²) in [6.45, 7) is 0.711. The van der Waals surface area contributed by atoms with E-state index in [0.717, 1.165) is 22.8 Å². The maximum absolute atomic E-state index is 13.0. The Balaban J connectivity index is 2.54. The smallest absolute Gasteiger partial charge is 0.123 e. The summed E-state index contributed by atoms with van der Waals surface area (Å²) in [7, 11) is 3.26. The highest BCUT2D eigenvalue weighted by Gasteiger charge is 2.04. The number of benzene rings is 1. The lowest BCUT2D eigenvalue weighted by Gasteiger charge is -2.07. The van der Waals surface area contributed by atoms with Gasteiger partial charge >= 0.3 is 0 Å². The van der Waals surface area contributed by atoms with Gasteiger partial charge in [-0.25, -0.2) is 4.39 Å². The molecule has 0 spiro atoms. The molecule has 0 atom stereocenters. The van der Waals surface area contributed by atoms with Crippen molar-refractivity contribution in [3.8, 4) is 5.75 Å². The topological polar surface area (TPSA) is 18.5 Å². The van der Waals surface area contributed by atoms with E-state index in [1.54, 1.807) is 32.0 Å². The summed E-state index contributed by atoms with van der Waals surface area (Å²) in [6, 6.07) is 4.57. The summed E-state index contributed by atoms with van der Waals surface area (Å²) < 4.78 is 23.0. The molecule has 4 heteroatoms. The molecule has 84 valence electrons. The Morgan fingerprint density at radius 2 is 2.13 bits per heavy atom. The summed E-state index contributed by atoms with van der Waals surface area (Å²) in [4.78, 5) is 0. The molecule has 0 saturated heterocycles. The second kappa shape index (κ2) is 6.69. The summed E-state index contributed by atoms with van der Waals surface area (Å²) >= 11 is 1.70. The Morgan fingerprint density at radius 1 is 1.33 bits per heavy atom. The van der Waals surface area contributed by atoms with Crippen LogP contribution in [0.4, 0.5) is 4.39 Å². The van der Waals surface area contributed by atoms with Gasteiger partial charge in [0.2, 0.25) is 0 Å². The zero-order valence-electron chi connectivity index (χ0n) is 8.96. The van der Waals surface area contributed by atoms with Crippen LogP contribution in [0.1, 0.15) is 5.56 Å². The quantitative estimate of drug-likeness (QED) is 0.700. The van der Waals surface area contributed by atoms with Crippen LogP contribution in [0.3, 0.4) is 0 Å². The van der Waals surface area contributed by atoms with Gasteiger partial charge in [-0.15, -0.1) is 0 Å². The lowest BCUT2D eigenvalue weighted by Crippen LogP contribution is -1.95. The van der Waals surface area contributed by atoms with Gasteiger partial charge in [-0.05, 0) is 18.2 Å². The van der Waals surface area contributed by atoms with Crippen molar-refractivity contribution in [2.24, 2.45) is 0 Å². The zero-order valence-corrected chi connectivity index (χ0v) is 9.77. The third kappa shape index (κ3) is 4.10. The largest absolute Gasteiger partial charge is 0.496 e. The lowest BCUT2D eigenvalue weighted by molar-refractivity contribution is 0.218. The first-order valence-corrected chi connectivity index (χ1v) is 5.82. The number of hydrogen-bond acceptors (Lipinski definition) is 3. The van der Waals surface area contributed by atoms with Crippen LogP contribution < -0.4 is 4.74 Å². The van der Waals surface area contributed by atoms with Crippen molar-refractivity contribution >= 4 is 11.8 Å². The number of thioether (sulfide) groups is 1. The van der Waals surface area contributed by atoms with Crippen molar-refractivity contribution < 1.29 is 13.9 Å². The van der Waals surface area contributed by atoms with Gasteiger partial charge in [0.1, 0.15) is 11.6 Å². The highest BCUT2D eigenvalue weighted by atomic mass is 32.2. The van der Waals surface area contributed by atoms with E-state index in [0.29, 0.717) is 6.61 Å². The molecule has 0 aliphatic carbocycles. The first kappa shape index (κ1) is 12.3. The Bertz CT molecular complexity index is 305. The summed E-state index contributed by atoms with van der Waals surface area (Å²) in [5.41, 5.74) is 0.888. The van der Waals surface area contributed by atoms with E-state index in [1.807, 2.05) is 0 Å². The van der Waals surface area contributed by atoms with Crippen LogP contribution in [0.2, 0.25) is 0 Å². The van der Waals surface area contributed by atoms with Crippen LogP contribution in [0, 0.1) is 5.82 Å². The molecule has 0 saturated carbocycles. The van der Waals surface area contributed by atoms with Crippen molar-refractivity contribution in [1.29, 1.82) is 0 Å². The third-order valence-corrected chi connectivity index (χ3v) is 2.90. The Morgan fingerprint density at radius 3 is 2.80 bits per heavy atom. The van der Waals surface area contributed by atoms with E-state index < -0.39 is 0 Å². The molecule has 1 aromatic carbocycles. The first-order valence-electron chi connectivity index (χ1n) is 4.67. The molecule has 15 heavy (non-hydrogen) atoms. The minimum Gasteiger partial charge on any atom is -0.496 e. The number of hydrogen-bond donors (Lipinski definition) is 0. The van der Waals surface area contributed by atoms with E-state index in [4.69, 9.17) is 9.47 Å². The third-order valence-electron chi connectivity index (χ3n) is 1.93. The van der Waals surface area contributed by atoms with Gasteiger partial charge in [-0.1, -0.05) is 0 Å². The average Bonchev–Trinajstić information content (AvgIpc) is 2.25. The molecule has 0 unspecified atom stereocenters. The van der Waals surface area contributed by atoms with Crippen molar-refractivity contribution in [2.75, 3.05) is 26.6 Å². The first-order chi connectivity index (χ1) is 7.27. The van der Waals surface area contributed by atoms with Gasteiger partial charge < -0.3 is 9.47 Å². The number of ether oxygens (including phenoxy) is 2. The molecule has 2 nitrogen and oxygen atoms in total. The molecule has 0 aromatic heterocycles. The SMILES string of the molecule is COCCSCc1cc(F)ccc1OC. The van der Waals surface area contributed by atoms with E-state index in [-0.39, 0.29) is 5.82 Å². The molecule has 1 rings (SSSR count). The number of halogens is 1. The van der Waals surface area contributed by atoms with Crippen molar-refractivity contribution in [1.82, 2.24) is 0 Å². The maximum atomic E-state index is 13.0. The van der Waals surface area contributed by atoms with Crippen LogP contribution in [0.15, 0.2) is 18.2 Å². The molecular formula is C11H15FO2S. The Kier molecular flexibility index (Phi) is 5.50. The van der Waals surface area contributed by atoms with E-state index in [1.165, 1.54) is 12.1 Å². The van der Waals surface area contributed by atoms with Crippen molar-refractivity contribution in [2.45, 2.75) is 5.75 Å². The van der Waals surface area contributed by atoms with Gasteiger partial charge in [0.15, 0.2) is 0 Å². The average molecular weight is 230 g/mol. The zero-order chi connectivity index (χ0) is 11.1. The lowest BCUT2D eigenvalue weighted by atomic mass is 10.2. The summed E-state index contributed by atoms with van der Waals surface area (Å²) in [6.07, 6.45) is 0. The van der Waals surface area contributed by atoms with Crippen LogP contribution in [-0.4, -0.2) is 26.6 Å². The maximum Gasteiger partial charge on any atom is 0.123 e. The molecular weight excluding hydrogens is 215 g/mol. The van der Waals surface area contributed by atoms with Crippen LogP contribution in [0.25, 0.3) is 0 Å². The Hall–Kier alpha value is -0.740. The van der Waals surface area contributed by atoms with Crippen LogP contribution >= 0.6 is 11.8 Å². The fourth-order valence-electron chi connectivity index (χ4n) is 1.18. The van der Waals surface area contributed by atoms with Gasteiger partial charge in [-0.3, -0.25) is 0 Å². The monoisotopic (exact) mass is 230 g/mol.